The highest BCUT2D eigenvalue weighted by molar-refractivity contribution is 7.14. The molecule has 1 heterocycles. The Morgan fingerprint density at radius 2 is 2.54 bits per heavy atom. The first kappa shape index (κ1) is 10.1. The molecule has 1 rings (SSSR count). The predicted molar refractivity (Wildman–Crippen MR) is 54.0 cm³/mol. The molecule has 1 atom stereocenters. The summed E-state index contributed by atoms with van der Waals surface area (Å²) in [5.74, 6) is -0.212. The maximum atomic E-state index is 11.2. The number of rotatable bonds is 4. The van der Waals surface area contributed by atoms with Gasteiger partial charge in [0.1, 0.15) is 6.04 Å². The Bertz CT molecular complexity index is 259. The van der Waals surface area contributed by atoms with Crippen molar-refractivity contribution >= 4 is 22.3 Å². The van der Waals surface area contributed by atoms with E-state index in [1.54, 1.807) is 25.2 Å². The van der Waals surface area contributed by atoms with Gasteiger partial charge in [0.15, 0.2) is 0 Å². The minimum Gasteiger partial charge on any atom is -0.464 e. The Hall–Kier alpha value is -1.03. The molecule has 0 fully saturated rings. The van der Waals surface area contributed by atoms with E-state index in [1.165, 1.54) is 0 Å². The third-order valence-electron chi connectivity index (χ3n) is 1.52. The van der Waals surface area contributed by atoms with E-state index in [9.17, 15) is 4.79 Å². The van der Waals surface area contributed by atoms with Crippen molar-refractivity contribution in [3.05, 3.63) is 17.5 Å². The standard InChI is InChI=1S/C9H13NO2S/c1-3-12-9(11)7(2)10-8-5-4-6-13-8/h4-7,10H,3H2,1-2H3/t7-/m0/s1. The molecule has 0 aliphatic heterocycles. The first-order valence-electron chi connectivity index (χ1n) is 4.20. The van der Waals surface area contributed by atoms with Crippen LogP contribution in [0.25, 0.3) is 0 Å². The molecule has 0 amide bonds. The first-order chi connectivity index (χ1) is 6.24. The van der Waals surface area contributed by atoms with Crippen LogP contribution in [0.15, 0.2) is 17.5 Å². The molecule has 0 aliphatic carbocycles. The van der Waals surface area contributed by atoms with Gasteiger partial charge in [0.25, 0.3) is 0 Å². The molecule has 4 heteroatoms. The fraction of sp³-hybridized carbons (Fsp3) is 0.444. The van der Waals surface area contributed by atoms with Crippen molar-refractivity contribution in [3.8, 4) is 0 Å². The molecule has 1 N–H and O–H groups in total. The van der Waals surface area contributed by atoms with Crippen molar-refractivity contribution in [1.29, 1.82) is 0 Å². The summed E-state index contributed by atoms with van der Waals surface area (Å²) in [6.07, 6.45) is 0. The molecule has 0 radical (unpaired) electrons. The number of ether oxygens (including phenoxy) is 1. The maximum absolute atomic E-state index is 11.2. The van der Waals surface area contributed by atoms with Crippen molar-refractivity contribution in [2.24, 2.45) is 0 Å². The quantitative estimate of drug-likeness (QED) is 0.755. The number of anilines is 1. The highest BCUT2D eigenvalue weighted by atomic mass is 32.1. The molecule has 0 aliphatic rings. The topological polar surface area (TPSA) is 38.3 Å². The first-order valence-corrected chi connectivity index (χ1v) is 5.08. The van der Waals surface area contributed by atoms with Gasteiger partial charge in [0, 0.05) is 0 Å². The second-order valence-electron chi connectivity index (χ2n) is 2.60. The predicted octanol–water partition coefficient (Wildman–Crippen LogP) is 2.11. The van der Waals surface area contributed by atoms with Gasteiger partial charge in [-0.25, -0.2) is 4.79 Å². The zero-order valence-electron chi connectivity index (χ0n) is 7.74. The lowest BCUT2D eigenvalue weighted by molar-refractivity contribution is -0.143. The van der Waals surface area contributed by atoms with E-state index < -0.39 is 0 Å². The summed E-state index contributed by atoms with van der Waals surface area (Å²) in [7, 11) is 0. The largest absolute Gasteiger partial charge is 0.464 e. The van der Waals surface area contributed by atoms with Gasteiger partial charge in [-0.1, -0.05) is 0 Å². The molecule has 1 aromatic heterocycles. The van der Waals surface area contributed by atoms with Crippen LogP contribution in [-0.4, -0.2) is 18.6 Å². The molecule has 0 bridgehead atoms. The van der Waals surface area contributed by atoms with E-state index in [0.717, 1.165) is 5.00 Å². The second kappa shape index (κ2) is 4.87. The fourth-order valence-corrected chi connectivity index (χ4v) is 1.61. The zero-order chi connectivity index (χ0) is 9.68. The molecule has 0 aromatic carbocycles. The van der Waals surface area contributed by atoms with Gasteiger partial charge in [0.2, 0.25) is 0 Å². The van der Waals surface area contributed by atoms with E-state index >= 15 is 0 Å². The Kier molecular flexibility index (Phi) is 3.76. The second-order valence-corrected chi connectivity index (χ2v) is 3.54. The number of carbonyl (C=O) groups is 1. The highest BCUT2D eigenvalue weighted by Gasteiger charge is 2.13. The van der Waals surface area contributed by atoms with Gasteiger partial charge < -0.3 is 10.1 Å². The van der Waals surface area contributed by atoms with Crippen LogP contribution in [0.5, 0.6) is 0 Å². The lowest BCUT2D eigenvalue weighted by Crippen LogP contribution is -2.27. The minimum atomic E-state index is -0.279. The Labute approximate surface area is 81.7 Å². The van der Waals surface area contributed by atoms with Crippen LogP contribution in [0.4, 0.5) is 5.00 Å². The summed E-state index contributed by atoms with van der Waals surface area (Å²) in [6.45, 7) is 4.02. The highest BCUT2D eigenvalue weighted by Crippen LogP contribution is 2.16. The lowest BCUT2D eigenvalue weighted by atomic mass is 10.3. The summed E-state index contributed by atoms with van der Waals surface area (Å²) in [5.41, 5.74) is 0. The lowest BCUT2D eigenvalue weighted by Gasteiger charge is -2.11. The average molecular weight is 199 g/mol. The summed E-state index contributed by atoms with van der Waals surface area (Å²) in [5, 5.41) is 6.00. The van der Waals surface area contributed by atoms with Gasteiger partial charge in [-0.3, -0.25) is 0 Å². The number of carbonyl (C=O) groups excluding carboxylic acids is 1. The normalized spacial score (nSPS) is 12.2. The van der Waals surface area contributed by atoms with E-state index in [-0.39, 0.29) is 12.0 Å². The molecular weight excluding hydrogens is 186 g/mol. The summed E-state index contributed by atoms with van der Waals surface area (Å²) >= 11 is 1.57. The SMILES string of the molecule is CCOC(=O)[C@H](C)Nc1cccs1. The molecule has 13 heavy (non-hydrogen) atoms. The van der Waals surface area contributed by atoms with Crippen molar-refractivity contribution < 1.29 is 9.53 Å². The van der Waals surface area contributed by atoms with Gasteiger partial charge in [-0.05, 0) is 31.4 Å². The molecule has 72 valence electrons. The molecule has 0 unspecified atom stereocenters. The fourth-order valence-electron chi connectivity index (χ4n) is 0.900. The number of thiophene rings is 1. The average Bonchev–Trinajstić information content (AvgIpc) is 2.57. The monoisotopic (exact) mass is 199 g/mol. The molecule has 3 nitrogen and oxygen atoms in total. The van der Waals surface area contributed by atoms with E-state index in [2.05, 4.69) is 5.32 Å². The van der Waals surface area contributed by atoms with E-state index in [4.69, 9.17) is 4.74 Å². The Balaban J connectivity index is 2.41. The van der Waals surface area contributed by atoms with Crippen LogP contribution in [0.3, 0.4) is 0 Å². The van der Waals surface area contributed by atoms with Crippen LogP contribution in [0.2, 0.25) is 0 Å². The van der Waals surface area contributed by atoms with Gasteiger partial charge in [0.05, 0.1) is 11.6 Å². The third kappa shape index (κ3) is 3.06. The van der Waals surface area contributed by atoms with Gasteiger partial charge >= 0.3 is 5.97 Å². The molecule has 1 aromatic rings. The van der Waals surface area contributed by atoms with Crippen LogP contribution < -0.4 is 5.32 Å². The molecule has 0 saturated carbocycles. The summed E-state index contributed by atoms with van der Waals surface area (Å²) < 4.78 is 4.86. The smallest absolute Gasteiger partial charge is 0.328 e. The van der Waals surface area contributed by atoms with E-state index in [1.807, 2.05) is 17.5 Å². The number of hydrogen-bond donors (Lipinski definition) is 1. The Morgan fingerprint density at radius 3 is 3.08 bits per heavy atom. The number of hydrogen-bond acceptors (Lipinski definition) is 4. The van der Waals surface area contributed by atoms with Crippen molar-refractivity contribution in [2.75, 3.05) is 11.9 Å². The van der Waals surface area contributed by atoms with Crippen molar-refractivity contribution in [2.45, 2.75) is 19.9 Å². The van der Waals surface area contributed by atoms with Crippen LogP contribution in [0.1, 0.15) is 13.8 Å². The van der Waals surface area contributed by atoms with Gasteiger partial charge in [-0.2, -0.15) is 0 Å². The van der Waals surface area contributed by atoms with Crippen LogP contribution >= 0.6 is 11.3 Å². The molecular formula is C9H13NO2S. The van der Waals surface area contributed by atoms with Gasteiger partial charge in [-0.15, -0.1) is 11.3 Å². The van der Waals surface area contributed by atoms with E-state index in [0.29, 0.717) is 6.61 Å². The molecule has 0 spiro atoms. The number of nitrogens with one attached hydrogen (secondary N) is 1. The summed E-state index contributed by atoms with van der Waals surface area (Å²) in [6, 6.07) is 3.59. The molecule has 0 saturated heterocycles. The minimum absolute atomic E-state index is 0.212. The maximum Gasteiger partial charge on any atom is 0.328 e. The van der Waals surface area contributed by atoms with Crippen molar-refractivity contribution in [3.63, 3.8) is 0 Å². The van der Waals surface area contributed by atoms with Crippen LogP contribution in [-0.2, 0) is 9.53 Å². The zero-order valence-corrected chi connectivity index (χ0v) is 8.56. The Morgan fingerprint density at radius 1 is 1.77 bits per heavy atom. The number of esters is 1. The van der Waals surface area contributed by atoms with Crippen LogP contribution in [0, 0.1) is 0 Å². The third-order valence-corrected chi connectivity index (χ3v) is 2.32. The summed E-state index contributed by atoms with van der Waals surface area (Å²) in [4.78, 5) is 11.2. The van der Waals surface area contributed by atoms with Crippen molar-refractivity contribution in [1.82, 2.24) is 0 Å².